The van der Waals surface area contributed by atoms with Gasteiger partial charge in [0.15, 0.2) is 0 Å². The summed E-state index contributed by atoms with van der Waals surface area (Å²) < 4.78 is 26.9. The van der Waals surface area contributed by atoms with Crippen LogP contribution in [0.5, 0.6) is 0 Å². The fraction of sp³-hybridized carbons (Fsp3) is 0.211. The van der Waals surface area contributed by atoms with Gasteiger partial charge in [-0.25, -0.2) is 8.42 Å². The Balaban J connectivity index is 1.99. The van der Waals surface area contributed by atoms with Crippen LogP contribution in [0.2, 0.25) is 0 Å². The van der Waals surface area contributed by atoms with Crippen LogP contribution in [0, 0.1) is 25.7 Å². The second-order valence-electron chi connectivity index (χ2n) is 5.63. The van der Waals surface area contributed by atoms with Crippen LogP contribution in [-0.2, 0) is 14.8 Å². The predicted octanol–water partition coefficient (Wildman–Crippen LogP) is 2.59. The van der Waals surface area contributed by atoms with Crippen molar-refractivity contribution in [2.75, 3.05) is 11.9 Å². The summed E-state index contributed by atoms with van der Waals surface area (Å²) in [4.78, 5) is 11.2. The molecule has 0 heterocycles. The first kappa shape index (κ1) is 18.7. The number of rotatable bonds is 4. The minimum atomic E-state index is -3.57. The Labute approximate surface area is 148 Å². The van der Waals surface area contributed by atoms with Gasteiger partial charge < -0.3 is 5.32 Å². The summed E-state index contributed by atoms with van der Waals surface area (Å²) in [6.07, 6.45) is 0. The molecule has 25 heavy (non-hydrogen) atoms. The molecule has 0 atom stereocenters. The number of carbonyl (C=O) groups is 1. The van der Waals surface area contributed by atoms with Crippen LogP contribution in [0.3, 0.4) is 0 Å². The highest BCUT2D eigenvalue weighted by molar-refractivity contribution is 7.89. The lowest BCUT2D eigenvalue weighted by molar-refractivity contribution is -0.114. The van der Waals surface area contributed by atoms with E-state index in [0.717, 1.165) is 16.7 Å². The van der Waals surface area contributed by atoms with E-state index in [1.54, 1.807) is 42.5 Å². The maximum atomic E-state index is 12.2. The van der Waals surface area contributed by atoms with Gasteiger partial charge in [0, 0.05) is 18.2 Å². The molecule has 0 saturated carbocycles. The van der Waals surface area contributed by atoms with E-state index < -0.39 is 10.0 Å². The molecule has 2 aromatic rings. The van der Waals surface area contributed by atoms with Gasteiger partial charge in [-0.05, 0) is 61.4 Å². The summed E-state index contributed by atoms with van der Waals surface area (Å²) in [5, 5.41) is 2.67. The third-order valence-corrected chi connectivity index (χ3v) is 4.98. The molecule has 130 valence electrons. The molecule has 0 aromatic heterocycles. The second kappa shape index (κ2) is 7.97. The number of aryl methyl sites for hydroxylation is 2. The minimum Gasteiger partial charge on any atom is -0.326 e. The standard InChI is InChI=1S/C19H20N2O3S/c1-14-6-11-19(13-15(14)2)25(23,24)20-12-4-5-17-7-9-18(10-8-17)21-16(3)22/h6-11,13,20H,12H2,1-3H3,(H,21,22). The van der Waals surface area contributed by atoms with Crippen molar-refractivity contribution in [3.05, 3.63) is 59.2 Å². The highest BCUT2D eigenvalue weighted by Crippen LogP contribution is 2.14. The van der Waals surface area contributed by atoms with Gasteiger partial charge in [0.25, 0.3) is 0 Å². The van der Waals surface area contributed by atoms with E-state index in [4.69, 9.17) is 0 Å². The number of hydrogen-bond acceptors (Lipinski definition) is 3. The largest absolute Gasteiger partial charge is 0.326 e. The van der Waals surface area contributed by atoms with Gasteiger partial charge >= 0.3 is 0 Å². The van der Waals surface area contributed by atoms with Crippen molar-refractivity contribution in [3.8, 4) is 11.8 Å². The fourth-order valence-corrected chi connectivity index (χ4v) is 3.09. The van der Waals surface area contributed by atoms with Crippen LogP contribution in [0.15, 0.2) is 47.4 Å². The summed E-state index contributed by atoms with van der Waals surface area (Å²) in [6.45, 7) is 5.26. The van der Waals surface area contributed by atoms with Crippen LogP contribution in [0.25, 0.3) is 0 Å². The molecule has 0 bridgehead atoms. The lowest BCUT2D eigenvalue weighted by atomic mass is 10.1. The summed E-state index contributed by atoms with van der Waals surface area (Å²) in [7, 11) is -3.57. The quantitative estimate of drug-likeness (QED) is 0.827. The maximum absolute atomic E-state index is 12.2. The van der Waals surface area contributed by atoms with Crippen LogP contribution < -0.4 is 10.0 Å². The van der Waals surface area contributed by atoms with Crippen molar-refractivity contribution in [3.63, 3.8) is 0 Å². The molecule has 0 fully saturated rings. The van der Waals surface area contributed by atoms with Crippen LogP contribution >= 0.6 is 0 Å². The molecule has 1 amide bonds. The zero-order chi connectivity index (χ0) is 18.4. The van der Waals surface area contributed by atoms with Crippen molar-refractivity contribution in [1.29, 1.82) is 0 Å². The number of anilines is 1. The summed E-state index contributed by atoms with van der Waals surface area (Å²) in [6, 6.07) is 12.0. The normalized spacial score (nSPS) is 10.7. The summed E-state index contributed by atoms with van der Waals surface area (Å²) in [5.41, 5.74) is 3.39. The molecular weight excluding hydrogens is 336 g/mol. The third kappa shape index (κ3) is 5.45. The molecule has 0 unspecified atom stereocenters. The van der Waals surface area contributed by atoms with E-state index in [9.17, 15) is 13.2 Å². The first-order valence-corrected chi connectivity index (χ1v) is 9.20. The Kier molecular flexibility index (Phi) is 5.97. The molecule has 2 rings (SSSR count). The molecule has 5 nitrogen and oxygen atoms in total. The predicted molar refractivity (Wildman–Crippen MR) is 98.7 cm³/mol. The number of carbonyl (C=O) groups excluding carboxylic acids is 1. The van der Waals surface area contributed by atoms with Gasteiger partial charge in [0.05, 0.1) is 11.4 Å². The number of hydrogen-bond donors (Lipinski definition) is 2. The van der Waals surface area contributed by atoms with Gasteiger partial charge in [-0.1, -0.05) is 17.9 Å². The van der Waals surface area contributed by atoms with Crippen molar-refractivity contribution in [2.45, 2.75) is 25.7 Å². The summed E-state index contributed by atoms with van der Waals surface area (Å²) in [5.74, 6) is 5.53. The molecule has 0 spiro atoms. The Morgan fingerprint density at radius 3 is 2.32 bits per heavy atom. The highest BCUT2D eigenvalue weighted by Gasteiger charge is 2.13. The summed E-state index contributed by atoms with van der Waals surface area (Å²) >= 11 is 0. The molecule has 0 saturated heterocycles. The molecule has 0 radical (unpaired) electrons. The maximum Gasteiger partial charge on any atom is 0.241 e. The van der Waals surface area contributed by atoms with E-state index >= 15 is 0 Å². The Hall–Kier alpha value is -2.62. The first-order valence-electron chi connectivity index (χ1n) is 7.71. The average molecular weight is 356 g/mol. The van der Waals surface area contributed by atoms with Crippen molar-refractivity contribution in [2.24, 2.45) is 0 Å². The van der Waals surface area contributed by atoms with Crippen LogP contribution in [0.1, 0.15) is 23.6 Å². The van der Waals surface area contributed by atoms with Gasteiger partial charge in [-0.3, -0.25) is 4.79 Å². The topological polar surface area (TPSA) is 75.3 Å². The Bertz CT molecular complexity index is 937. The molecule has 2 N–H and O–H groups in total. The number of sulfonamides is 1. The van der Waals surface area contributed by atoms with Gasteiger partial charge in [-0.15, -0.1) is 0 Å². The van der Waals surface area contributed by atoms with E-state index in [2.05, 4.69) is 21.9 Å². The molecule has 0 aliphatic rings. The third-order valence-electron chi connectivity index (χ3n) is 3.58. The SMILES string of the molecule is CC(=O)Nc1ccc(C#CCNS(=O)(=O)c2ccc(C)c(C)c2)cc1. The number of benzene rings is 2. The van der Waals surface area contributed by atoms with Crippen LogP contribution in [0.4, 0.5) is 5.69 Å². The minimum absolute atomic E-state index is 0.0166. The first-order chi connectivity index (χ1) is 11.8. The van der Waals surface area contributed by atoms with Gasteiger partial charge in [-0.2, -0.15) is 4.72 Å². The van der Waals surface area contributed by atoms with Crippen LogP contribution in [-0.4, -0.2) is 20.9 Å². The Morgan fingerprint density at radius 1 is 1.04 bits per heavy atom. The molecule has 0 aliphatic carbocycles. The van der Waals surface area contributed by atoms with E-state index in [-0.39, 0.29) is 17.3 Å². The smallest absolute Gasteiger partial charge is 0.241 e. The van der Waals surface area contributed by atoms with Crippen molar-refractivity contribution < 1.29 is 13.2 Å². The fourth-order valence-electron chi connectivity index (χ4n) is 2.08. The molecule has 6 heteroatoms. The zero-order valence-electron chi connectivity index (χ0n) is 14.4. The second-order valence-corrected chi connectivity index (χ2v) is 7.40. The molecule has 2 aromatic carbocycles. The van der Waals surface area contributed by atoms with E-state index in [1.807, 2.05) is 13.8 Å². The Morgan fingerprint density at radius 2 is 1.72 bits per heavy atom. The van der Waals surface area contributed by atoms with E-state index in [0.29, 0.717) is 5.69 Å². The lowest BCUT2D eigenvalue weighted by Gasteiger charge is -2.06. The highest BCUT2D eigenvalue weighted by atomic mass is 32.2. The lowest BCUT2D eigenvalue weighted by Crippen LogP contribution is -2.24. The molecular formula is C19H20N2O3S. The van der Waals surface area contributed by atoms with Crippen molar-refractivity contribution in [1.82, 2.24) is 4.72 Å². The average Bonchev–Trinajstić information content (AvgIpc) is 2.55. The zero-order valence-corrected chi connectivity index (χ0v) is 15.2. The molecule has 0 aliphatic heterocycles. The van der Waals surface area contributed by atoms with Gasteiger partial charge in [0.2, 0.25) is 15.9 Å². The van der Waals surface area contributed by atoms with Crippen molar-refractivity contribution >= 4 is 21.6 Å². The number of amides is 1. The monoisotopic (exact) mass is 356 g/mol. The number of nitrogens with one attached hydrogen (secondary N) is 2. The van der Waals surface area contributed by atoms with E-state index in [1.165, 1.54) is 6.92 Å². The van der Waals surface area contributed by atoms with Gasteiger partial charge in [0.1, 0.15) is 0 Å².